The number of amides is 1. The molecule has 0 unspecified atom stereocenters. The van der Waals surface area contributed by atoms with Crippen molar-refractivity contribution >= 4 is 11.9 Å². The van der Waals surface area contributed by atoms with Crippen LogP contribution in [0.1, 0.15) is 24.8 Å². The molecule has 22 heavy (non-hydrogen) atoms. The minimum absolute atomic E-state index is 0.316. The summed E-state index contributed by atoms with van der Waals surface area (Å²) in [5, 5.41) is 8.95. The molecule has 0 spiro atoms. The summed E-state index contributed by atoms with van der Waals surface area (Å²) in [5.74, 6) is -1.34. The van der Waals surface area contributed by atoms with Crippen molar-refractivity contribution in [1.29, 1.82) is 0 Å². The minimum Gasteiger partial charge on any atom is -0.480 e. The molecule has 0 fully saturated rings. The summed E-state index contributed by atoms with van der Waals surface area (Å²) < 4.78 is 0. The summed E-state index contributed by atoms with van der Waals surface area (Å²) >= 11 is 0. The van der Waals surface area contributed by atoms with Crippen LogP contribution in [0.5, 0.6) is 0 Å². The molecule has 1 amide bonds. The van der Waals surface area contributed by atoms with Crippen molar-refractivity contribution in [2.24, 2.45) is 11.5 Å². The monoisotopic (exact) mass is 307 g/mol. The van der Waals surface area contributed by atoms with Crippen molar-refractivity contribution < 1.29 is 14.7 Å². The van der Waals surface area contributed by atoms with E-state index in [0.29, 0.717) is 32.4 Å². The highest BCUT2D eigenvalue weighted by Crippen LogP contribution is 2.06. The number of carboxylic acids is 1. The van der Waals surface area contributed by atoms with Crippen LogP contribution in [0.4, 0.5) is 0 Å². The number of aryl methyl sites for hydroxylation is 1. The van der Waals surface area contributed by atoms with Gasteiger partial charge in [-0.15, -0.1) is 0 Å². The van der Waals surface area contributed by atoms with Crippen molar-refractivity contribution in [3.05, 3.63) is 35.9 Å². The first-order chi connectivity index (χ1) is 10.5. The number of nitrogens with two attached hydrogens (primary N) is 2. The highest BCUT2D eigenvalue weighted by molar-refractivity contribution is 5.85. The van der Waals surface area contributed by atoms with Gasteiger partial charge in [0.05, 0.1) is 6.04 Å². The SMILES string of the molecule is NCCC[C@@H](N)C(=O)N(CCCc1ccccc1)CC(=O)O. The molecule has 0 saturated carbocycles. The summed E-state index contributed by atoms with van der Waals surface area (Å²) in [4.78, 5) is 24.5. The third-order valence-corrected chi connectivity index (χ3v) is 3.41. The maximum Gasteiger partial charge on any atom is 0.323 e. The Balaban J connectivity index is 2.52. The van der Waals surface area contributed by atoms with E-state index in [1.54, 1.807) is 0 Å². The number of rotatable bonds is 10. The molecule has 1 rings (SSSR count). The second kappa shape index (κ2) is 9.92. The van der Waals surface area contributed by atoms with E-state index in [2.05, 4.69) is 0 Å². The molecule has 5 N–H and O–H groups in total. The van der Waals surface area contributed by atoms with Gasteiger partial charge in [-0.25, -0.2) is 0 Å². The highest BCUT2D eigenvalue weighted by Gasteiger charge is 2.22. The van der Waals surface area contributed by atoms with E-state index in [4.69, 9.17) is 16.6 Å². The Morgan fingerprint density at radius 1 is 1.18 bits per heavy atom. The van der Waals surface area contributed by atoms with Gasteiger partial charge in [-0.1, -0.05) is 30.3 Å². The zero-order valence-corrected chi connectivity index (χ0v) is 12.8. The Bertz CT molecular complexity index is 465. The van der Waals surface area contributed by atoms with Crippen LogP contribution in [0.25, 0.3) is 0 Å². The van der Waals surface area contributed by atoms with E-state index in [0.717, 1.165) is 12.0 Å². The van der Waals surface area contributed by atoms with Crippen LogP contribution in [0.3, 0.4) is 0 Å². The molecule has 1 aromatic carbocycles. The van der Waals surface area contributed by atoms with Gasteiger partial charge in [0.25, 0.3) is 0 Å². The number of carbonyl (C=O) groups excluding carboxylic acids is 1. The van der Waals surface area contributed by atoms with Gasteiger partial charge in [0.2, 0.25) is 5.91 Å². The quantitative estimate of drug-likeness (QED) is 0.586. The van der Waals surface area contributed by atoms with E-state index in [1.807, 2.05) is 30.3 Å². The summed E-state index contributed by atoms with van der Waals surface area (Å²) in [6.45, 7) is 0.536. The zero-order valence-electron chi connectivity index (χ0n) is 12.8. The maximum absolute atomic E-state index is 12.2. The molecule has 1 aromatic rings. The molecule has 0 aliphatic heterocycles. The molecule has 6 nitrogen and oxygen atoms in total. The van der Waals surface area contributed by atoms with Gasteiger partial charge in [-0.05, 0) is 37.8 Å². The first-order valence-corrected chi connectivity index (χ1v) is 7.54. The molecule has 1 atom stereocenters. The zero-order chi connectivity index (χ0) is 16.4. The Labute approximate surface area is 131 Å². The lowest BCUT2D eigenvalue weighted by Gasteiger charge is -2.24. The number of benzene rings is 1. The summed E-state index contributed by atoms with van der Waals surface area (Å²) in [5.41, 5.74) is 12.4. The summed E-state index contributed by atoms with van der Waals surface area (Å²) in [6, 6.07) is 9.20. The first-order valence-electron chi connectivity index (χ1n) is 7.54. The van der Waals surface area contributed by atoms with E-state index in [-0.39, 0.29) is 12.5 Å². The summed E-state index contributed by atoms with van der Waals surface area (Å²) in [6.07, 6.45) is 2.62. The second-order valence-electron chi connectivity index (χ2n) is 5.28. The van der Waals surface area contributed by atoms with Crippen LogP contribution in [0.15, 0.2) is 30.3 Å². The third kappa shape index (κ3) is 6.69. The molecule has 0 aliphatic carbocycles. The number of carbonyl (C=O) groups is 2. The van der Waals surface area contributed by atoms with Crippen molar-refractivity contribution in [3.63, 3.8) is 0 Å². The Kier molecular flexibility index (Phi) is 8.17. The predicted octanol–water partition coefficient (Wildman–Crippen LogP) is 0.599. The van der Waals surface area contributed by atoms with Crippen LogP contribution in [0.2, 0.25) is 0 Å². The average Bonchev–Trinajstić information content (AvgIpc) is 2.51. The molecule has 0 bridgehead atoms. The number of carboxylic acid groups (broad SMARTS) is 1. The normalized spacial score (nSPS) is 11.9. The molecular weight excluding hydrogens is 282 g/mol. The molecule has 122 valence electrons. The number of hydrogen-bond acceptors (Lipinski definition) is 4. The molecular formula is C16H25N3O3. The molecule has 0 heterocycles. The highest BCUT2D eigenvalue weighted by atomic mass is 16.4. The van der Waals surface area contributed by atoms with Gasteiger partial charge in [0.1, 0.15) is 6.54 Å². The van der Waals surface area contributed by atoms with Crippen LogP contribution in [0, 0.1) is 0 Å². The average molecular weight is 307 g/mol. The molecule has 6 heteroatoms. The first kappa shape index (κ1) is 18.1. The Hall–Kier alpha value is -1.92. The largest absolute Gasteiger partial charge is 0.480 e. The van der Waals surface area contributed by atoms with Crippen LogP contribution >= 0.6 is 0 Å². The van der Waals surface area contributed by atoms with Gasteiger partial charge in [-0.3, -0.25) is 9.59 Å². The number of hydrogen-bond donors (Lipinski definition) is 3. The minimum atomic E-state index is -1.03. The van der Waals surface area contributed by atoms with Gasteiger partial charge in [0, 0.05) is 6.54 Å². The van der Waals surface area contributed by atoms with Gasteiger partial charge in [-0.2, -0.15) is 0 Å². The van der Waals surface area contributed by atoms with Crippen molar-refractivity contribution in [1.82, 2.24) is 4.90 Å². The molecule has 0 aliphatic rings. The Morgan fingerprint density at radius 3 is 2.45 bits per heavy atom. The van der Waals surface area contributed by atoms with E-state index >= 15 is 0 Å². The molecule has 0 aromatic heterocycles. The molecule has 0 saturated heterocycles. The lowest BCUT2D eigenvalue weighted by Crippen LogP contribution is -2.46. The van der Waals surface area contributed by atoms with Crippen molar-refractivity contribution in [2.45, 2.75) is 31.7 Å². The third-order valence-electron chi connectivity index (χ3n) is 3.41. The van der Waals surface area contributed by atoms with E-state index in [1.165, 1.54) is 4.90 Å². The van der Waals surface area contributed by atoms with Crippen LogP contribution in [-0.4, -0.2) is 47.6 Å². The summed E-state index contributed by atoms with van der Waals surface area (Å²) in [7, 11) is 0. The van der Waals surface area contributed by atoms with E-state index < -0.39 is 12.0 Å². The number of nitrogens with zero attached hydrogens (tertiary/aromatic N) is 1. The topological polar surface area (TPSA) is 110 Å². The Morgan fingerprint density at radius 2 is 1.86 bits per heavy atom. The maximum atomic E-state index is 12.2. The predicted molar refractivity (Wildman–Crippen MR) is 85.2 cm³/mol. The van der Waals surface area contributed by atoms with Crippen LogP contribution in [-0.2, 0) is 16.0 Å². The smallest absolute Gasteiger partial charge is 0.323 e. The van der Waals surface area contributed by atoms with E-state index in [9.17, 15) is 9.59 Å². The lowest BCUT2D eigenvalue weighted by molar-refractivity contribution is -0.145. The second-order valence-corrected chi connectivity index (χ2v) is 5.28. The fourth-order valence-electron chi connectivity index (χ4n) is 2.24. The van der Waals surface area contributed by atoms with Crippen LogP contribution < -0.4 is 11.5 Å². The lowest BCUT2D eigenvalue weighted by atomic mass is 10.1. The van der Waals surface area contributed by atoms with Gasteiger partial charge >= 0.3 is 5.97 Å². The van der Waals surface area contributed by atoms with Gasteiger partial charge in [0.15, 0.2) is 0 Å². The fraction of sp³-hybridized carbons (Fsp3) is 0.500. The van der Waals surface area contributed by atoms with Crippen molar-refractivity contribution in [3.8, 4) is 0 Å². The van der Waals surface area contributed by atoms with Crippen molar-refractivity contribution in [2.75, 3.05) is 19.6 Å². The standard InChI is InChI=1S/C16H25N3O3/c17-10-4-9-14(18)16(22)19(12-15(20)21)11-5-8-13-6-2-1-3-7-13/h1-3,6-7,14H,4-5,8-12,17-18H2,(H,20,21)/t14-/m1/s1. The van der Waals surface area contributed by atoms with Gasteiger partial charge < -0.3 is 21.5 Å². The molecule has 0 radical (unpaired) electrons. The number of aliphatic carboxylic acids is 1. The fourth-order valence-corrected chi connectivity index (χ4v) is 2.24.